The first-order chi connectivity index (χ1) is 10.6. The molecule has 0 N–H and O–H groups in total. The van der Waals surface area contributed by atoms with Crippen LogP contribution in [-0.4, -0.2) is 31.9 Å². The van der Waals surface area contributed by atoms with Gasteiger partial charge in [0.2, 0.25) is 15.9 Å². The number of fused-ring (bicyclic) bond motifs is 1. The van der Waals surface area contributed by atoms with E-state index in [0.717, 1.165) is 45.8 Å². The molecule has 1 aliphatic rings. The van der Waals surface area contributed by atoms with Crippen LogP contribution in [0.4, 0.5) is 0 Å². The van der Waals surface area contributed by atoms with Gasteiger partial charge in [-0.05, 0) is 29.9 Å². The molecule has 0 radical (unpaired) electrons. The minimum absolute atomic E-state index is 0.118. The van der Waals surface area contributed by atoms with Crippen molar-refractivity contribution < 1.29 is 13.2 Å². The Balaban J connectivity index is 2.51. The molecule has 1 aromatic heterocycles. The molecule has 0 bridgehead atoms. The zero-order valence-corrected chi connectivity index (χ0v) is 16.1. The van der Waals surface area contributed by atoms with Crippen LogP contribution in [0.25, 0.3) is 0 Å². The van der Waals surface area contributed by atoms with Gasteiger partial charge in [0, 0.05) is 17.3 Å². The highest BCUT2D eigenvalue weighted by Crippen LogP contribution is 2.46. The number of thiophene rings is 1. The molecule has 1 amide bonds. The highest BCUT2D eigenvalue weighted by atomic mass is 32.2. The van der Waals surface area contributed by atoms with E-state index >= 15 is 0 Å². The molecule has 1 aliphatic carbocycles. The number of hydrogen-bond donors (Lipinski definition) is 0. The lowest BCUT2D eigenvalue weighted by atomic mass is 9.73. The van der Waals surface area contributed by atoms with Crippen molar-refractivity contribution in [2.45, 2.75) is 51.4 Å². The second-order valence-electron chi connectivity index (χ2n) is 6.75. The number of likely N-dealkylation sites (N-methyl/N-ethyl adjacent to an activating group) is 1. The molecule has 6 heteroatoms. The molecule has 1 aromatic rings. The van der Waals surface area contributed by atoms with Gasteiger partial charge in [0.1, 0.15) is 0 Å². The number of unbranched alkanes of at least 4 members (excludes halogenated alkanes) is 1. The maximum absolute atomic E-state index is 12.9. The maximum Gasteiger partial charge on any atom is 0.247 e. The van der Waals surface area contributed by atoms with E-state index in [1.54, 1.807) is 11.3 Å². The second kappa shape index (κ2) is 6.40. The lowest BCUT2D eigenvalue weighted by molar-refractivity contribution is -0.126. The Kier molecular flexibility index (Phi) is 5.06. The van der Waals surface area contributed by atoms with Crippen molar-refractivity contribution in [2.24, 2.45) is 0 Å². The van der Waals surface area contributed by atoms with Crippen molar-refractivity contribution in [3.05, 3.63) is 33.5 Å². The Morgan fingerprint density at radius 3 is 2.61 bits per heavy atom. The number of carbonyl (C=O) groups is 1. The van der Waals surface area contributed by atoms with Gasteiger partial charge >= 0.3 is 0 Å². The minimum Gasteiger partial charge on any atom is -0.273 e. The normalized spacial score (nSPS) is 19.9. The third-order valence-corrected chi connectivity index (χ3v) is 6.83. The van der Waals surface area contributed by atoms with E-state index < -0.39 is 15.9 Å². The van der Waals surface area contributed by atoms with Gasteiger partial charge in [0.05, 0.1) is 12.2 Å². The van der Waals surface area contributed by atoms with Crippen molar-refractivity contribution in [1.82, 2.24) is 4.31 Å². The molecule has 0 spiro atoms. The first-order valence-electron chi connectivity index (χ1n) is 7.86. The summed E-state index contributed by atoms with van der Waals surface area (Å²) in [5.41, 5.74) is 1.89. The average molecular weight is 356 g/mol. The number of hydrogen-bond acceptors (Lipinski definition) is 4. The first-order valence-corrected chi connectivity index (χ1v) is 10.6. The van der Waals surface area contributed by atoms with Crippen LogP contribution in [0, 0.1) is 0 Å². The molecule has 0 fully saturated rings. The molecule has 1 atom stereocenters. The van der Waals surface area contributed by atoms with Crippen molar-refractivity contribution in [1.29, 1.82) is 0 Å². The standard InChI is InChI=1S/C17H25NO3S2/c1-6-7-8-12-11-17(2,3)15-13(9-10-22-15)14(12)16(19)18(4)23(5,20)21/h9-11,14H,6-8H2,1-5H3. The number of carbonyl (C=O) groups excluding carboxylic acids is 1. The highest BCUT2D eigenvalue weighted by molar-refractivity contribution is 7.88. The third kappa shape index (κ3) is 3.53. The van der Waals surface area contributed by atoms with E-state index in [-0.39, 0.29) is 11.3 Å². The van der Waals surface area contributed by atoms with Crippen molar-refractivity contribution >= 4 is 27.3 Å². The SMILES string of the molecule is CCCCC1=CC(C)(C)c2sccc2C1C(=O)N(C)S(C)(=O)=O. The van der Waals surface area contributed by atoms with E-state index in [9.17, 15) is 13.2 Å². The third-order valence-electron chi connectivity index (χ3n) is 4.38. The fourth-order valence-electron chi connectivity index (χ4n) is 3.12. The quantitative estimate of drug-likeness (QED) is 0.758. The van der Waals surface area contributed by atoms with Gasteiger partial charge in [0.25, 0.3) is 0 Å². The Hall–Kier alpha value is -1.14. The highest BCUT2D eigenvalue weighted by Gasteiger charge is 2.39. The number of rotatable bonds is 5. The number of sulfonamides is 1. The summed E-state index contributed by atoms with van der Waals surface area (Å²) < 4.78 is 24.5. The van der Waals surface area contributed by atoms with Crippen LogP contribution in [0.1, 0.15) is 56.4 Å². The lowest BCUT2D eigenvalue weighted by Crippen LogP contribution is -2.38. The Bertz CT molecular complexity index is 729. The Labute approximate surface area is 143 Å². The van der Waals surface area contributed by atoms with Crippen LogP contribution in [0.3, 0.4) is 0 Å². The van der Waals surface area contributed by atoms with E-state index in [1.807, 2.05) is 11.4 Å². The van der Waals surface area contributed by atoms with Gasteiger partial charge in [0.15, 0.2) is 0 Å². The smallest absolute Gasteiger partial charge is 0.247 e. The lowest BCUT2D eigenvalue weighted by Gasteiger charge is -2.34. The van der Waals surface area contributed by atoms with Gasteiger partial charge in [-0.2, -0.15) is 0 Å². The zero-order valence-electron chi connectivity index (χ0n) is 14.4. The summed E-state index contributed by atoms with van der Waals surface area (Å²) >= 11 is 1.63. The summed E-state index contributed by atoms with van der Waals surface area (Å²) in [4.78, 5) is 14.1. The molecule has 0 aliphatic heterocycles. The summed E-state index contributed by atoms with van der Waals surface area (Å²) in [5.74, 6) is -0.833. The van der Waals surface area contributed by atoms with E-state index in [2.05, 4.69) is 26.8 Å². The average Bonchev–Trinajstić information content (AvgIpc) is 2.92. The predicted molar refractivity (Wildman–Crippen MR) is 95.3 cm³/mol. The molecule has 1 heterocycles. The zero-order chi connectivity index (χ0) is 17.4. The molecular formula is C17H25NO3S2. The predicted octanol–water partition coefficient (Wildman–Crippen LogP) is 3.66. The van der Waals surface area contributed by atoms with Gasteiger partial charge < -0.3 is 0 Å². The Morgan fingerprint density at radius 1 is 1.39 bits per heavy atom. The molecule has 2 rings (SSSR count). The molecule has 4 nitrogen and oxygen atoms in total. The first kappa shape index (κ1) is 18.2. The summed E-state index contributed by atoms with van der Waals surface area (Å²) in [7, 11) is -2.20. The summed E-state index contributed by atoms with van der Waals surface area (Å²) in [6.45, 7) is 6.41. The fourth-order valence-corrected chi connectivity index (χ4v) is 4.58. The van der Waals surface area contributed by atoms with Crippen LogP contribution in [-0.2, 0) is 20.2 Å². The summed E-state index contributed by atoms with van der Waals surface area (Å²) in [6, 6.07) is 1.97. The van der Waals surface area contributed by atoms with Crippen molar-refractivity contribution in [3.63, 3.8) is 0 Å². The minimum atomic E-state index is -3.55. The van der Waals surface area contributed by atoms with E-state index in [1.165, 1.54) is 7.05 Å². The molecular weight excluding hydrogens is 330 g/mol. The molecule has 0 saturated carbocycles. The Morgan fingerprint density at radius 2 is 2.04 bits per heavy atom. The van der Waals surface area contributed by atoms with Crippen LogP contribution in [0.2, 0.25) is 0 Å². The van der Waals surface area contributed by atoms with Crippen molar-refractivity contribution in [3.8, 4) is 0 Å². The van der Waals surface area contributed by atoms with Crippen LogP contribution in [0.5, 0.6) is 0 Å². The number of amides is 1. The van der Waals surface area contributed by atoms with Gasteiger partial charge in [-0.15, -0.1) is 11.3 Å². The molecule has 128 valence electrons. The number of allylic oxidation sites excluding steroid dienone is 1. The fraction of sp³-hybridized carbons (Fsp3) is 0.588. The van der Waals surface area contributed by atoms with Gasteiger partial charge in [-0.1, -0.05) is 38.8 Å². The monoisotopic (exact) mass is 355 g/mol. The maximum atomic E-state index is 12.9. The molecule has 23 heavy (non-hydrogen) atoms. The van der Waals surface area contributed by atoms with E-state index in [0.29, 0.717) is 0 Å². The number of nitrogens with zero attached hydrogens (tertiary/aromatic N) is 1. The van der Waals surface area contributed by atoms with Gasteiger partial charge in [-0.25, -0.2) is 12.7 Å². The van der Waals surface area contributed by atoms with Gasteiger partial charge in [-0.3, -0.25) is 4.79 Å². The van der Waals surface area contributed by atoms with Crippen LogP contribution in [0.15, 0.2) is 23.1 Å². The van der Waals surface area contributed by atoms with Crippen molar-refractivity contribution in [2.75, 3.05) is 13.3 Å². The summed E-state index contributed by atoms with van der Waals surface area (Å²) in [5, 5.41) is 1.99. The van der Waals surface area contributed by atoms with E-state index in [4.69, 9.17) is 0 Å². The molecule has 1 unspecified atom stereocenters. The molecule has 0 aromatic carbocycles. The topological polar surface area (TPSA) is 54.5 Å². The van der Waals surface area contributed by atoms with Crippen LogP contribution < -0.4 is 0 Å². The second-order valence-corrected chi connectivity index (χ2v) is 9.68. The summed E-state index contributed by atoms with van der Waals surface area (Å²) in [6.07, 6.45) is 6.09. The molecule has 0 saturated heterocycles. The van der Waals surface area contributed by atoms with Crippen LogP contribution >= 0.6 is 11.3 Å². The largest absolute Gasteiger partial charge is 0.273 e.